The first-order chi connectivity index (χ1) is 12.2. The van der Waals surface area contributed by atoms with Crippen LogP contribution < -0.4 is 0 Å². The lowest BCUT2D eigenvalue weighted by Crippen LogP contribution is -2.35. The number of pyridine rings is 1. The van der Waals surface area contributed by atoms with E-state index in [1.165, 1.54) is 0 Å². The Labute approximate surface area is 148 Å². The number of rotatable bonds is 7. The van der Waals surface area contributed by atoms with E-state index in [-0.39, 0.29) is 6.10 Å². The molecule has 0 aliphatic carbocycles. The Morgan fingerprint density at radius 2 is 2.16 bits per heavy atom. The topological polar surface area (TPSA) is 69.4 Å². The van der Waals surface area contributed by atoms with Crippen LogP contribution in [0.2, 0.25) is 0 Å². The molecule has 3 rings (SSSR count). The van der Waals surface area contributed by atoms with Gasteiger partial charge in [0.05, 0.1) is 23.8 Å². The van der Waals surface area contributed by atoms with Crippen molar-refractivity contribution in [1.29, 1.82) is 5.26 Å². The average Bonchev–Trinajstić information content (AvgIpc) is 3.15. The van der Waals surface area contributed by atoms with Crippen molar-refractivity contribution < 1.29 is 9.84 Å². The number of hydrogen-bond donors (Lipinski definition) is 1. The molecule has 2 atom stereocenters. The highest BCUT2D eigenvalue weighted by molar-refractivity contribution is 5.32. The molecule has 1 aromatic carbocycles. The van der Waals surface area contributed by atoms with Crippen molar-refractivity contribution in [3.8, 4) is 6.07 Å². The maximum Gasteiger partial charge on any atom is 0.0991 e. The maximum atomic E-state index is 10.6. The summed E-state index contributed by atoms with van der Waals surface area (Å²) in [4.78, 5) is 6.39. The van der Waals surface area contributed by atoms with Crippen molar-refractivity contribution in [1.82, 2.24) is 9.88 Å². The highest BCUT2D eigenvalue weighted by Crippen LogP contribution is 2.19. The Kier molecular flexibility index (Phi) is 6.13. The Morgan fingerprint density at radius 3 is 2.80 bits per heavy atom. The molecule has 1 aliphatic heterocycles. The van der Waals surface area contributed by atoms with Gasteiger partial charge in [-0.3, -0.25) is 9.88 Å². The molecule has 2 unspecified atom stereocenters. The molecule has 1 N–H and O–H groups in total. The summed E-state index contributed by atoms with van der Waals surface area (Å²) >= 11 is 0. The number of ether oxygens (including phenoxy) is 1. The quantitative estimate of drug-likeness (QED) is 0.841. The maximum absolute atomic E-state index is 10.6. The van der Waals surface area contributed by atoms with Gasteiger partial charge in [0.25, 0.3) is 0 Å². The van der Waals surface area contributed by atoms with Crippen LogP contribution in [0.25, 0.3) is 0 Å². The molecule has 1 fully saturated rings. The summed E-state index contributed by atoms with van der Waals surface area (Å²) in [5.41, 5.74) is 2.54. The zero-order valence-electron chi connectivity index (χ0n) is 14.2. The van der Waals surface area contributed by atoms with Gasteiger partial charge in [0.1, 0.15) is 0 Å². The zero-order chi connectivity index (χ0) is 17.5. The third-order valence-corrected chi connectivity index (χ3v) is 4.47. The van der Waals surface area contributed by atoms with E-state index in [9.17, 15) is 5.11 Å². The smallest absolute Gasteiger partial charge is 0.0991 e. The molecule has 0 amide bonds. The fraction of sp³-hybridized carbons (Fsp3) is 0.400. The normalized spacial score (nSPS) is 18.2. The molecule has 5 nitrogen and oxygen atoms in total. The number of hydrogen-bond acceptors (Lipinski definition) is 5. The second-order valence-corrected chi connectivity index (χ2v) is 6.44. The number of nitriles is 1. The van der Waals surface area contributed by atoms with E-state index in [4.69, 9.17) is 10.00 Å². The fourth-order valence-electron chi connectivity index (χ4n) is 3.16. The summed E-state index contributed by atoms with van der Waals surface area (Å²) in [5.74, 6) is 0. The predicted molar refractivity (Wildman–Crippen MR) is 94.6 cm³/mol. The monoisotopic (exact) mass is 337 g/mol. The van der Waals surface area contributed by atoms with Crippen molar-refractivity contribution in [3.63, 3.8) is 0 Å². The summed E-state index contributed by atoms with van der Waals surface area (Å²) in [6.07, 6.45) is 5.41. The van der Waals surface area contributed by atoms with Gasteiger partial charge < -0.3 is 9.84 Å². The van der Waals surface area contributed by atoms with Crippen LogP contribution in [0.1, 0.15) is 35.6 Å². The number of aliphatic hydroxyl groups excluding tert-OH is 1. The molecule has 0 spiro atoms. The second kappa shape index (κ2) is 8.72. The first kappa shape index (κ1) is 17.6. The van der Waals surface area contributed by atoms with Crippen LogP contribution in [0, 0.1) is 11.3 Å². The Balaban J connectivity index is 1.67. The number of aromatic nitrogens is 1. The summed E-state index contributed by atoms with van der Waals surface area (Å²) < 4.78 is 5.76. The van der Waals surface area contributed by atoms with Crippen molar-refractivity contribution in [2.75, 3.05) is 19.7 Å². The molecule has 0 radical (unpaired) electrons. The molecular formula is C20H23N3O2. The minimum Gasteiger partial charge on any atom is -0.387 e. The SMILES string of the molecule is N#Cc1ccc(C(O)CN(Cc2cccnc2)CC2CCCO2)cc1. The van der Waals surface area contributed by atoms with Gasteiger partial charge in [0.15, 0.2) is 0 Å². The predicted octanol–water partition coefficient (Wildman–Crippen LogP) is 2.67. The van der Waals surface area contributed by atoms with Crippen molar-refractivity contribution in [2.45, 2.75) is 31.6 Å². The minimum atomic E-state index is -0.606. The lowest BCUT2D eigenvalue weighted by molar-refractivity contribution is 0.0460. The molecule has 1 aromatic heterocycles. The minimum absolute atomic E-state index is 0.227. The highest BCUT2D eigenvalue weighted by atomic mass is 16.5. The van der Waals surface area contributed by atoms with Gasteiger partial charge in [-0.15, -0.1) is 0 Å². The molecule has 25 heavy (non-hydrogen) atoms. The molecule has 1 saturated heterocycles. The molecule has 0 saturated carbocycles. The van der Waals surface area contributed by atoms with Gasteiger partial charge in [-0.25, -0.2) is 0 Å². The van der Waals surface area contributed by atoms with Crippen LogP contribution in [0.4, 0.5) is 0 Å². The van der Waals surface area contributed by atoms with Gasteiger partial charge in [0.2, 0.25) is 0 Å². The van der Waals surface area contributed by atoms with Crippen LogP contribution in [0.5, 0.6) is 0 Å². The van der Waals surface area contributed by atoms with Gasteiger partial charge in [0, 0.05) is 38.6 Å². The van der Waals surface area contributed by atoms with E-state index in [0.717, 1.165) is 43.7 Å². The number of aliphatic hydroxyl groups is 1. The lowest BCUT2D eigenvalue weighted by atomic mass is 10.1. The Hall–Kier alpha value is -2.26. The van der Waals surface area contributed by atoms with Crippen molar-refractivity contribution in [2.24, 2.45) is 0 Å². The molecule has 130 valence electrons. The van der Waals surface area contributed by atoms with E-state index in [1.807, 2.05) is 30.5 Å². The molecule has 0 bridgehead atoms. The zero-order valence-corrected chi connectivity index (χ0v) is 14.2. The van der Waals surface area contributed by atoms with Crippen LogP contribution in [0.15, 0.2) is 48.8 Å². The van der Waals surface area contributed by atoms with Gasteiger partial charge >= 0.3 is 0 Å². The third-order valence-electron chi connectivity index (χ3n) is 4.47. The largest absolute Gasteiger partial charge is 0.387 e. The number of nitrogens with zero attached hydrogens (tertiary/aromatic N) is 3. The summed E-state index contributed by atoms with van der Waals surface area (Å²) in [6.45, 7) is 2.85. The van der Waals surface area contributed by atoms with Gasteiger partial charge in [-0.2, -0.15) is 5.26 Å². The first-order valence-electron chi connectivity index (χ1n) is 8.65. The van der Waals surface area contributed by atoms with Gasteiger partial charge in [-0.05, 0) is 42.2 Å². The summed E-state index contributed by atoms with van der Waals surface area (Å²) in [6, 6.07) is 13.2. The lowest BCUT2D eigenvalue weighted by Gasteiger charge is -2.27. The summed E-state index contributed by atoms with van der Waals surface area (Å²) in [5, 5.41) is 19.5. The molecule has 2 aromatic rings. The molecule has 5 heteroatoms. The number of benzene rings is 1. The Bertz CT molecular complexity index is 691. The van der Waals surface area contributed by atoms with E-state index >= 15 is 0 Å². The van der Waals surface area contributed by atoms with Crippen molar-refractivity contribution >= 4 is 0 Å². The van der Waals surface area contributed by atoms with E-state index in [2.05, 4.69) is 16.0 Å². The summed E-state index contributed by atoms with van der Waals surface area (Å²) in [7, 11) is 0. The second-order valence-electron chi connectivity index (χ2n) is 6.44. The first-order valence-corrected chi connectivity index (χ1v) is 8.65. The third kappa shape index (κ3) is 5.10. The van der Waals surface area contributed by atoms with Crippen LogP contribution in [0.3, 0.4) is 0 Å². The fourth-order valence-corrected chi connectivity index (χ4v) is 3.16. The van der Waals surface area contributed by atoms with Crippen LogP contribution >= 0.6 is 0 Å². The highest BCUT2D eigenvalue weighted by Gasteiger charge is 2.21. The van der Waals surface area contributed by atoms with E-state index in [1.54, 1.807) is 18.3 Å². The van der Waals surface area contributed by atoms with E-state index in [0.29, 0.717) is 12.1 Å². The Morgan fingerprint density at radius 1 is 1.32 bits per heavy atom. The molecule has 2 heterocycles. The average molecular weight is 337 g/mol. The standard InChI is InChI=1S/C20H23N3O2/c21-11-16-5-7-18(8-6-16)20(24)15-23(14-19-4-2-10-25-19)13-17-3-1-9-22-12-17/h1,3,5-9,12,19-20,24H,2,4,10,13-15H2. The van der Waals surface area contributed by atoms with Gasteiger partial charge in [-0.1, -0.05) is 18.2 Å². The van der Waals surface area contributed by atoms with Crippen molar-refractivity contribution in [3.05, 3.63) is 65.5 Å². The molecular weight excluding hydrogens is 314 g/mol. The van der Waals surface area contributed by atoms with Crippen LogP contribution in [-0.2, 0) is 11.3 Å². The van der Waals surface area contributed by atoms with E-state index < -0.39 is 6.10 Å². The van der Waals surface area contributed by atoms with Crippen LogP contribution in [-0.4, -0.2) is 40.8 Å². The molecule has 1 aliphatic rings.